The lowest BCUT2D eigenvalue weighted by atomic mass is 10.0. The number of rotatable bonds is 4. The fraction of sp³-hybridized carbons (Fsp3) is 0.667. The van der Waals surface area contributed by atoms with E-state index < -0.39 is 5.60 Å². The van der Waals surface area contributed by atoms with Gasteiger partial charge >= 0.3 is 0 Å². The Morgan fingerprint density at radius 2 is 2.50 bits per heavy atom. The molecule has 1 saturated heterocycles. The van der Waals surface area contributed by atoms with Crippen LogP contribution in [0.2, 0.25) is 0 Å². The van der Waals surface area contributed by atoms with Gasteiger partial charge in [-0.25, -0.2) is 4.98 Å². The van der Waals surface area contributed by atoms with Crippen LogP contribution in [0.15, 0.2) is 5.38 Å². The first-order valence-corrected chi connectivity index (χ1v) is 8.14. The second-order valence-corrected chi connectivity index (χ2v) is 6.60. The third-order valence-corrected chi connectivity index (χ3v) is 5.27. The van der Waals surface area contributed by atoms with E-state index in [1.807, 2.05) is 12.3 Å². The minimum absolute atomic E-state index is 0.149. The highest BCUT2D eigenvalue weighted by molar-refractivity contribution is 7.99. The van der Waals surface area contributed by atoms with Gasteiger partial charge in [0.05, 0.1) is 16.7 Å². The average molecular weight is 286 g/mol. The molecule has 2 rings (SSSR count). The van der Waals surface area contributed by atoms with Crippen LogP contribution in [-0.4, -0.2) is 33.1 Å². The molecule has 18 heavy (non-hydrogen) atoms. The first-order valence-electron chi connectivity index (χ1n) is 6.10. The van der Waals surface area contributed by atoms with E-state index in [0.717, 1.165) is 22.9 Å². The monoisotopic (exact) mass is 286 g/mol. The summed E-state index contributed by atoms with van der Waals surface area (Å²) < 4.78 is 0. The minimum atomic E-state index is -1.19. The number of thioether (sulfide) groups is 1. The highest BCUT2D eigenvalue weighted by atomic mass is 32.2. The van der Waals surface area contributed by atoms with Crippen molar-refractivity contribution in [1.82, 2.24) is 10.3 Å². The number of nitrogens with one attached hydrogen (secondary N) is 1. The number of amides is 1. The number of aromatic nitrogens is 1. The molecule has 6 heteroatoms. The molecule has 100 valence electrons. The third kappa shape index (κ3) is 2.87. The Hall–Kier alpha value is -0.590. The molecule has 2 N–H and O–H groups in total. The standard InChI is InChI=1S/C12H18N2O2S2/c1-3-10-14-9(6-18-10)8(2)13-11(15)12(16)4-5-17-7-12/h6,8,16H,3-5,7H2,1-2H3,(H,13,15). The van der Waals surface area contributed by atoms with Crippen LogP contribution in [-0.2, 0) is 11.2 Å². The largest absolute Gasteiger partial charge is 0.379 e. The Labute approximate surface area is 115 Å². The first-order chi connectivity index (χ1) is 8.55. The molecular weight excluding hydrogens is 268 g/mol. The van der Waals surface area contributed by atoms with Crippen LogP contribution in [0.25, 0.3) is 0 Å². The van der Waals surface area contributed by atoms with Gasteiger partial charge in [0.1, 0.15) is 0 Å². The summed E-state index contributed by atoms with van der Waals surface area (Å²) in [7, 11) is 0. The molecule has 1 aromatic rings. The van der Waals surface area contributed by atoms with Gasteiger partial charge in [0.15, 0.2) is 5.60 Å². The second-order valence-electron chi connectivity index (χ2n) is 4.55. The van der Waals surface area contributed by atoms with Crippen LogP contribution in [0, 0.1) is 0 Å². The van der Waals surface area contributed by atoms with Crippen LogP contribution in [0.3, 0.4) is 0 Å². The fourth-order valence-electron chi connectivity index (χ4n) is 1.82. The van der Waals surface area contributed by atoms with Gasteiger partial charge in [-0.15, -0.1) is 11.3 Å². The van der Waals surface area contributed by atoms with Crippen molar-refractivity contribution < 1.29 is 9.90 Å². The smallest absolute Gasteiger partial charge is 0.253 e. The maximum Gasteiger partial charge on any atom is 0.253 e. The molecule has 1 amide bonds. The summed E-state index contributed by atoms with van der Waals surface area (Å²) in [4.78, 5) is 16.5. The Morgan fingerprint density at radius 3 is 3.06 bits per heavy atom. The molecule has 4 nitrogen and oxygen atoms in total. The van der Waals surface area contributed by atoms with Gasteiger partial charge in [-0.1, -0.05) is 6.92 Å². The summed E-state index contributed by atoms with van der Waals surface area (Å²) in [6.07, 6.45) is 1.44. The van der Waals surface area contributed by atoms with E-state index in [1.54, 1.807) is 23.1 Å². The molecule has 2 heterocycles. The Balaban J connectivity index is 1.98. The van der Waals surface area contributed by atoms with Gasteiger partial charge in [-0.2, -0.15) is 11.8 Å². The molecule has 0 aliphatic carbocycles. The summed E-state index contributed by atoms with van der Waals surface area (Å²) in [6, 6.07) is -0.149. The van der Waals surface area contributed by atoms with E-state index in [4.69, 9.17) is 0 Å². The highest BCUT2D eigenvalue weighted by Crippen LogP contribution is 2.28. The van der Waals surface area contributed by atoms with Crippen LogP contribution in [0.1, 0.15) is 37.0 Å². The van der Waals surface area contributed by atoms with Gasteiger partial charge in [0.25, 0.3) is 5.91 Å². The van der Waals surface area contributed by atoms with Crippen molar-refractivity contribution >= 4 is 29.0 Å². The van der Waals surface area contributed by atoms with E-state index in [0.29, 0.717) is 12.2 Å². The van der Waals surface area contributed by atoms with Crippen molar-refractivity contribution in [3.8, 4) is 0 Å². The lowest BCUT2D eigenvalue weighted by Gasteiger charge is -2.22. The van der Waals surface area contributed by atoms with Gasteiger partial charge in [0, 0.05) is 11.1 Å². The van der Waals surface area contributed by atoms with Gasteiger partial charge in [-0.05, 0) is 25.5 Å². The predicted molar refractivity (Wildman–Crippen MR) is 74.9 cm³/mol. The second kappa shape index (κ2) is 5.59. The molecule has 1 aliphatic heterocycles. The molecule has 2 atom stereocenters. The molecule has 0 spiro atoms. The summed E-state index contributed by atoms with van der Waals surface area (Å²) in [5, 5.41) is 16.1. The molecular formula is C12H18N2O2S2. The van der Waals surface area contributed by atoms with Crippen molar-refractivity contribution in [2.75, 3.05) is 11.5 Å². The first kappa shape index (κ1) is 13.8. The van der Waals surface area contributed by atoms with Crippen molar-refractivity contribution in [3.63, 3.8) is 0 Å². The van der Waals surface area contributed by atoms with Gasteiger partial charge < -0.3 is 10.4 Å². The number of hydrogen-bond acceptors (Lipinski definition) is 5. The van der Waals surface area contributed by atoms with E-state index in [-0.39, 0.29) is 11.9 Å². The van der Waals surface area contributed by atoms with Crippen LogP contribution in [0.5, 0.6) is 0 Å². The number of carbonyl (C=O) groups is 1. The fourth-order valence-corrected chi connectivity index (χ4v) is 3.90. The minimum Gasteiger partial charge on any atom is -0.379 e. The maximum absolute atomic E-state index is 12.0. The summed E-state index contributed by atoms with van der Waals surface area (Å²) in [5.41, 5.74) is -0.317. The maximum atomic E-state index is 12.0. The number of aryl methyl sites for hydroxylation is 1. The van der Waals surface area contributed by atoms with Crippen LogP contribution < -0.4 is 5.32 Å². The van der Waals surface area contributed by atoms with Crippen molar-refractivity contribution in [1.29, 1.82) is 0 Å². The molecule has 1 aromatic heterocycles. The van der Waals surface area contributed by atoms with E-state index >= 15 is 0 Å². The number of carbonyl (C=O) groups excluding carboxylic acids is 1. The van der Waals surface area contributed by atoms with Crippen molar-refractivity contribution in [2.45, 2.75) is 38.3 Å². The SMILES string of the molecule is CCc1nc(C(C)NC(=O)C2(O)CCSC2)cs1. The molecule has 1 fully saturated rings. The summed E-state index contributed by atoms with van der Waals surface area (Å²) in [5.74, 6) is 1.06. The van der Waals surface area contributed by atoms with E-state index in [2.05, 4.69) is 17.2 Å². The van der Waals surface area contributed by atoms with Gasteiger partial charge in [0.2, 0.25) is 0 Å². The lowest BCUT2D eigenvalue weighted by Crippen LogP contribution is -2.47. The molecule has 0 aromatic carbocycles. The van der Waals surface area contributed by atoms with Crippen molar-refractivity contribution in [3.05, 3.63) is 16.1 Å². The van der Waals surface area contributed by atoms with Crippen LogP contribution >= 0.6 is 23.1 Å². The Bertz CT molecular complexity index is 427. The molecule has 2 unspecified atom stereocenters. The van der Waals surface area contributed by atoms with E-state index in [1.165, 1.54) is 0 Å². The summed E-state index contributed by atoms with van der Waals surface area (Å²) >= 11 is 3.22. The number of hydrogen-bond donors (Lipinski definition) is 2. The predicted octanol–water partition coefficient (Wildman–Crippen LogP) is 1.75. The number of nitrogens with zero attached hydrogens (tertiary/aromatic N) is 1. The zero-order valence-corrected chi connectivity index (χ0v) is 12.2. The topological polar surface area (TPSA) is 62.2 Å². The van der Waals surface area contributed by atoms with Gasteiger partial charge in [-0.3, -0.25) is 4.79 Å². The Kier molecular flexibility index (Phi) is 4.29. The van der Waals surface area contributed by atoms with Crippen molar-refractivity contribution in [2.24, 2.45) is 0 Å². The number of thiazole rings is 1. The molecule has 1 aliphatic rings. The molecule has 0 radical (unpaired) electrons. The number of aliphatic hydroxyl groups is 1. The zero-order valence-electron chi connectivity index (χ0n) is 10.6. The molecule has 0 saturated carbocycles. The van der Waals surface area contributed by atoms with Crippen LogP contribution in [0.4, 0.5) is 0 Å². The lowest BCUT2D eigenvalue weighted by molar-refractivity contribution is -0.138. The normalized spacial score (nSPS) is 25.1. The third-order valence-electron chi connectivity index (χ3n) is 3.09. The average Bonchev–Trinajstić information content (AvgIpc) is 2.98. The highest BCUT2D eigenvalue weighted by Gasteiger charge is 2.40. The quantitative estimate of drug-likeness (QED) is 0.885. The Morgan fingerprint density at radius 1 is 1.72 bits per heavy atom. The summed E-state index contributed by atoms with van der Waals surface area (Å²) in [6.45, 7) is 3.96. The zero-order chi connectivity index (χ0) is 13.2. The van der Waals surface area contributed by atoms with E-state index in [9.17, 15) is 9.90 Å². The molecule has 0 bridgehead atoms.